The van der Waals surface area contributed by atoms with Crippen LogP contribution in [0, 0.1) is 17.3 Å². The van der Waals surface area contributed by atoms with Crippen molar-refractivity contribution in [3.63, 3.8) is 0 Å². The standard InChI is InChI=1S/C44H49N2O8P/c1-3-53-41(50)35-36(39(48)45(38(35)47)30-20-10-5-11-21-30)44(43(52)54-4-2)37(40(49)46(42(44)51)31-22-12-6-13-23-31)55(32-24-14-7-15-25-32,33-26-16-8-17-27-33)34-28-18-9-19-29-34/h7-9,14-19,24-31,35-36H,3-6,10-13,20-23H2,1-2H3/t35-,36?,44+/m0/s1. The molecule has 0 N–H and O–H groups in total. The molecule has 2 aliphatic carbocycles. The van der Waals surface area contributed by atoms with Gasteiger partial charge in [-0.25, -0.2) is 0 Å². The van der Waals surface area contributed by atoms with E-state index in [-0.39, 0.29) is 18.5 Å². The lowest BCUT2D eigenvalue weighted by molar-refractivity contribution is -0.167. The Morgan fingerprint density at radius 2 is 1.05 bits per heavy atom. The monoisotopic (exact) mass is 764 g/mol. The summed E-state index contributed by atoms with van der Waals surface area (Å²) >= 11 is 0. The van der Waals surface area contributed by atoms with Gasteiger partial charge < -0.3 is 9.47 Å². The van der Waals surface area contributed by atoms with Gasteiger partial charge in [0.15, 0.2) is 5.41 Å². The molecule has 10 nitrogen and oxygen atoms in total. The number of imide groups is 2. The highest BCUT2D eigenvalue weighted by Crippen LogP contribution is 2.59. The van der Waals surface area contributed by atoms with Crippen LogP contribution in [-0.4, -0.2) is 76.0 Å². The Morgan fingerprint density at radius 3 is 1.49 bits per heavy atom. The smallest absolute Gasteiger partial charge is 0.327 e. The predicted molar refractivity (Wildman–Crippen MR) is 210 cm³/mol. The molecule has 0 radical (unpaired) electrons. The van der Waals surface area contributed by atoms with Crippen molar-refractivity contribution in [3.8, 4) is 0 Å². The zero-order chi connectivity index (χ0) is 38.7. The van der Waals surface area contributed by atoms with Crippen LogP contribution in [0.4, 0.5) is 0 Å². The number of hydrogen-bond donors (Lipinski definition) is 0. The average molecular weight is 765 g/mol. The highest BCUT2D eigenvalue weighted by molar-refractivity contribution is 7.96. The Hall–Kier alpha value is -4.82. The highest BCUT2D eigenvalue weighted by atomic mass is 31.2. The lowest BCUT2D eigenvalue weighted by Gasteiger charge is -2.38. The lowest BCUT2D eigenvalue weighted by Crippen LogP contribution is -2.57. The number of carbonyl (C=O) groups is 6. The lowest BCUT2D eigenvalue weighted by atomic mass is 9.68. The van der Waals surface area contributed by atoms with Crippen molar-refractivity contribution in [2.45, 2.75) is 90.1 Å². The maximum Gasteiger partial charge on any atom is 0.327 e. The number of esters is 2. The van der Waals surface area contributed by atoms with E-state index in [0.29, 0.717) is 41.6 Å². The average Bonchev–Trinajstić information content (AvgIpc) is 3.62. The SMILES string of the molecule is CCOC(=O)[C@@H]1C(=O)N(C2CCCCC2)C(=O)C1[C@]1(C(=O)OCC)C(=O)N(C2CCCCC2)C(=O)C1=P(c1ccccc1)(c1ccccc1)c1ccccc1. The molecular formula is C44H49N2O8P. The largest absolute Gasteiger partial charge is 0.465 e. The van der Waals surface area contributed by atoms with Gasteiger partial charge in [-0.2, -0.15) is 0 Å². The van der Waals surface area contributed by atoms with Crippen LogP contribution in [-0.2, 0) is 38.2 Å². The van der Waals surface area contributed by atoms with Crippen molar-refractivity contribution in [1.82, 2.24) is 9.80 Å². The normalized spacial score (nSPS) is 24.1. The number of likely N-dealkylation sites (tertiary alicyclic amines) is 2. The molecule has 4 fully saturated rings. The quantitative estimate of drug-likeness (QED) is 0.124. The summed E-state index contributed by atoms with van der Waals surface area (Å²) in [5.74, 6) is -9.10. The predicted octanol–water partition coefficient (Wildman–Crippen LogP) is 4.90. The van der Waals surface area contributed by atoms with Crippen molar-refractivity contribution in [2.24, 2.45) is 17.3 Å². The van der Waals surface area contributed by atoms with Crippen LogP contribution in [0.3, 0.4) is 0 Å². The van der Waals surface area contributed by atoms with E-state index in [0.717, 1.165) is 43.4 Å². The number of hydrogen-bond acceptors (Lipinski definition) is 8. The number of rotatable bonds is 10. The van der Waals surface area contributed by atoms with E-state index in [9.17, 15) is 9.59 Å². The summed E-state index contributed by atoms with van der Waals surface area (Å²) in [5.41, 5.74) is -2.69. The molecule has 2 saturated heterocycles. The van der Waals surface area contributed by atoms with E-state index in [1.54, 1.807) is 13.8 Å². The van der Waals surface area contributed by atoms with Crippen LogP contribution < -0.4 is 15.9 Å². The van der Waals surface area contributed by atoms with Crippen molar-refractivity contribution in [2.75, 3.05) is 13.2 Å². The summed E-state index contributed by atoms with van der Waals surface area (Å²) < 4.78 is 11.4. The molecule has 55 heavy (non-hydrogen) atoms. The Labute approximate surface area is 322 Å². The van der Waals surface area contributed by atoms with Gasteiger partial charge in [0.05, 0.1) is 24.4 Å². The minimum absolute atomic E-state index is 0.105. The molecule has 2 aliphatic heterocycles. The Balaban J connectivity index is 1.70. The summed E-state index contributed by atoms with van der Waals surface area (Å²) in [6, 6.07) is 26.9. The molecule has 3 aromatic rings. The van der Waals surface area contributed by atoms with Crippen molar-refractivity contribution >= 4 is 63.7 Å². The second-order valence-electron chi connectivity index (χ2n) is 14.9. The van der Waals surface area contributed by atoms with Gasteiger partial charge in [0, 0.05) is 12.1 Å². The van der Waals surface area contributed by atoms with Crippen LogP contribution in [0.1, 0.15) is 78.1 Å². The summed E-state index contributed by atoms with van der Waals surface area (Å²) in [6.45, 7) is -0.733. The maximum atomic E-state index is 16.0. The van der Waals surface area contributed by atoms with E-state index in [2.05, 4.69) is 0 Å². The summed E-state index contributed by atoms with van der Waals surface area (Å²) in [6.07, 6.45) is 7.03. The van der Waals surface area contributed by atoms with Gasteiger partial charge in [0.1, 0.15) is 5.92 Å². The zero-order valence-corrected chi connectivity index (χ0v) is 32.5. The van der Waals surface area contributed by atoms with Crippen molar-refractivity contribution in [3.05, 3.63) is 91.0 Å². The summed E-state index contributed by atoms with van der Waals surface area (Å²) in [7, 11) is 0. The molecule has 11 heteroatoms. The minimum Gasteiger partial charge on any atom is -0.465 e. The van der Waals surface area contributed by atoms with Gasteiger partial charge in [-0.1, -0.05) is 130 Å². The fraction of sp³-hybridized carbons (Fsp3) is 0.432. The fourth-order valence-corrected chi connectivity index (χ4v) is 14.4. The number of carbonyl (C=O) groups excluding carboxylic acids is 6. The summed E-state index contributed by atoms with van der Waals surface area (Å²) in [4.78, 5) is 94.4. The Morgan fingerprint density at radius 1 is 0.618 bits per heavy atom. The van der Waals surface area contributed by atoms with E-state index in [1.807, 2.05) is 91.0 Å². The molecule has 1 unspecified atom stereocenters. The number of amides is 4. The molecule has 0 aromatic heterocycles. The van der Waals surface area contributed by atoms with E-state index in [4.69, 9.17) is 9.47 Å². The molecule has 0 spiro atoms. The molecule has 4 aliphatic rings. The first-order valence-electron chi connectivity index (χ1n) is 19.8. The van der Waals surface area contributed by atoms with Gasteiger partial charge in [-0.3, -0.25) is 38.6 Å². The molecule has 7 rings (SSSR count). The zero-order valence-electron chi connectivity index (χ0n) is 31.6. The van der Waals surface area contributed by atoms with E-state index < -0.39 is 71.8 Å². The fourth-order valence-electron chi connectivity index (χ4n) is 9.67. The third-order valence-electron chi connectivity index (χ3n) is 11.9. The highest BCUT2D eigenvalue weighted by Gasteiger charge is 2.76. The van der Waals surface area contributed by atoms with Crippen LogP contribution in [0.2, 0.25) is 0 Å². The van der Waals surface area contributed by atoms with Gasteiger partial charge in [0.2, 0.25) is 11.8 Å². The Bertz CT molecular complexity index is 1900. The number of benzene rings is 3. The van der Waals surface area contributed by atoms with E-state index >= 15 is 19.2 Å². The van der Waals surface area contributed by atoms with Crippen molar-refractivity contribution in [1.29, 1.82) is 0 Å². The molecule has 2 saturated carbocycles. The van der Waals surface area contributed by atoms with E-state index in [1.165, 1.54) is 4.90 Å². The van der Waals surface area contributed by atoms with Gasteiger partial charge in [0.25, 0.3) is 11.8 Å². The third kappa shape index (κ3) is 6.17. The molecule has 3 atom stereocenters. The second kappa shape index (κ2) is 16.1. The molecule has 0 bridgehead atoms. The molecule has 4 amide bonds. The van der Waals surface area contributed by atoms with Gasteiger partial charge >= 0.3 is 11.9 Å². The first kappa shape index (κ1) is 38.5. The maximum absolute atomic E-state index is 16.0. The molecule has 3 aromatic carbocycles. The van der Waals surface area contributed by atoms with Crippen LogP contribution in [0.25, 0.3) is 0 Å². The van der Waals surface area contributed by atoms with Gasteiger partial charge in [-0.05, 0) is 62.3 Å². The van der Waals surface area contributed by atoms with Crippen molar-refractivity contribution < 1.29 is 38.2 Å². The molecule has 2 heterocycles. The first-order chi connectivity index (χ1) is 26.8. The van der Waals surface area contributed by atoms with Crippen LogP contribution in [0.5, 0.6) is 0 Å². The third-order valence-corrected chi connectivity index (χ3v) is 16.4. The minimum atomic E-state index is -3.64. The van der Waals surface area contributed by atoms with Crippen LogP contribution in [0.15, 0.2) is 91.0 Å². The summed E-state index contributed by atoms with van der Waals surface area (Å²) in [5, 5.41) is 1.88. The molecular weight excluding hydrogens is 715 g/mol. The number of nitrogens with zero attached hydrogens (tertiary/aromatic N) is 2. The van der Waals surface area contributed by atoms with Gasteiger partial charge in [-0.15, -0.1) is 0 Å². The Kier molecular flexibility index (Phi) is 11.3. The molecule has 288 valence electrons. The topological polar surface area (TPSA) is 127 Å². The first-order valence-corrected chi connectivity index (χ1v) is 21.6. The number of ether oxygens (including phenoxy) is 2. The van der Waals surface area contributed by atoms with Crippen LogP contribution >= 0.6 is 6.89 Å². The second-order valence-corrected chi connectivity index (χ2v) is 18.2.